The summed E-state index contributed by atoms with van der Waals surface area (Å²) in [5.41, 5.74) is 17.5. The van der Waals surface area contributed by atoms with Crippen molar-refractivity contribution in [3.63, 3.8) is 0 Å². The molecule has 0 aliphatic carbocycles. The fourth-order valence-electron chi connectivity index (χ4n) is 0. The molecule has 3 N–H and O–H groups in total. The molecular formula is C7H21N4Ta-3. The molecule has 0 rings (SSSR count). The van der Waals surface area contributed by atoms with Gasteiger partial charge in [0.1, 0.15) is 0 Å². The first-order valence-electron chi connectivity index (χ1n) is 3.42. The first kappa shape index (κ1) is 22.8. The Morgan fingerprint density at radius 1 is 0.833 bits per heavy atom. The molecule has 0 radical (unpaired) electrons. The van der Waals surface area contributed by atoms with Crippen LogP contribution in [-0.2, 0) is 20.9 Å². The predicted molar refractivity (Wildman–Crippen MR) is 52.9 cm³/mol. The van der Waals surface area contributed by atoms with E-state index in [4.69, 9.17) is 17.2 Å². The molecule has 0 spiro atoms. The Morgan fingerprint density at radius 3 is 0.917 bits per heavy atom. The first-order chi connectivity index (χ1) is 5.56. The van der Waals surface area contributed by atoms with Crippen LogP contribution >= 0.6 is 0 Å². The Balaban J connectivity index is -0.0000000453. The van der Waals surface area contributed by atoms with Crippen molar-refractivity contribution in [2.75, 3.05) is 21.1 Å². The van der Waals surface area contributed by atoms with Crippen LogP contribution in [0, 0.1) is 0 Å². The van der Waals surface area contributed by atoms with E-state index in [-0.39, 0.29) is 5.54 Å². The van der Waals surface area contributed by atoms with E-state index >= 15 is 0 Å². The van der Waals surface area contributed by atoms with E-state index in [1.807, 2.05) is 0 Å². The van der Waals surface area contributed by atoms with Crippen molar-refractivity contribution in [3.8, 4) is 0 Å². The number of nitrogens with one attached hydrogen (secondary N) is 3. The molecule has 0 fully saturated rings. The van der Waals surface area contributed by atoms with Crippen LogP contribution in [0.4, 0.5) is 0 Å². The Hall–Kier alpha value is 0.420. The maximum absolute atomic E-state index is 5.75. The molecular weight excluding hydrogens is 321 g/mol. The zero-order valence-corrected chi connectivity index (χ0v) is 12.1. The van der Waals surface area contributed by atoms with Crippen molar-refractivity contribution in [1.29, 1.82) is 0 Å². The van der Waals surface area contributed by atoms with Gasteiger partial charge < -0.3 is 17.2 Å². The summed E-state index contributed by atoms with van der Waals surface area (Å²) in [4.78, 5) is 0. The summed E-state index contributed by atoms with van der Waals surface area (Å²) in [5.74, 6) is 0. The molecule has 0 saturated carbocycles. The molecule has 77 valence electrons. The zero-order valence-electron chi connectivity index (χ0n) is 8.89. The summed E-state index contributed by atoms with van der Waals surface area (Å²) in [7, 11) is 3.75. The second-order valence-electron chi connectivity index (χ2n) is 2.27. The van der Waals surface area contributed by atoms with E-state index in [9.17, 15) is 0 Å². The minimum Gasteiger partial charge on any atom is -0.680 e. The summed E-state index contributed by atoms with van der Waals surface area (Å²) in [6.07, 6.45) is 0. The molecule has 0 atom stereocenters. The fourth-order valence-corrected chi connectivity index (χ4v) is 0. The van der Waals surface area contributed by atoms with Gasteiger partial charge in [0, 0.05) is 0 Å². The molecule has 4 nitrogen and oxygen atoms in total. The van der Waals surface area contributed by atoms with Crippen LogP contribution in [0.3, 0.4) is 0 Å². The third-order valence-corrected chi connectivity index (χ3v) is 2.46. The Kier molecular flexibility index (Phi) is 42.9. The smallest absolute Gasteiger partial charge is 0.164 e. The summed E-state index contributed by atoms with van der Waals surface area (Å²) < 4.78 is 4.13. The molecule has 0 aromatic carbocycles. The van der Waals surface area contributed by atoms with E-state index in [2.05, 4.69) is 24.1 Å². The second kappa shape index (κ2) is 22.5. The zero-order chi connectivity index (χ0) is 11.2. The van der Waals surface area contributed by atoms with Crippen molar-refractivity contribution in [2.45, 2.75) is 26.3 Å². The number of hydrogen-bond donors (Lipinski definition) is 0. The van der Waals surface area contributed by atoms with Gasteiger partial charge in [-0.25, -0.2) is 0 Å². The normalized spacial score (nSPS) is 7.00. The topological polar surface area (TPSA) is 83.8 Å². The average molecular weight is 342 g/mol. The Morgan fingerprint density at radius 2 is 0.917 bits per heavy atom. The quantitative estimate of drug-likeness (QED) is 0.645. The standard InChI is InChI=1S/C4H9N.3CH4N.Ta/c1-4(2,3)5;3*1-2;/h1-3H3;3*2H,1H3;/q;3*-1;. The van der Waals surface area contributed by atoms with Gasteiger partial charge >= 0.3 is 50.5 Å². The van der Waals surface area contributed by atoms with Gasteiger partial charge in [0.25, 0.3) is 0 Å². The van der Waals surface area contributed by atoms with Crippen LogP contribution in [0.15, 0.2) is 3.34 Å². The van der Waals surface area contributed by atoms with Gasteiger partial charge in [0.15, 0.2) is 0 Å². The molecule has 12 heavy (non-hydrogen) atoms. The maximum atomic E-state index is 5.75. The largest absolute Gasteiger partial charge is 0.680 e. The minimum atomic E-state index is 0.216. The summed E-state index contributed by atoms with van der Waals surface area (Å²) >= 11 is 1.15. The van der Waals surface area contributed by atoms with Gasteiger partial charge in [-0.15, -0.1) is 0 Å². The average Bonchev–Trinajstić information content (AvgIpc) is 2.14. The summed E-state index contributed by atoms with van der Waals surface area (Å²) in [5, 5.41) is 0. The van der Waals surface area contributed by atoms with Crippen LogP contribution < -0.4 is 0 Å². The number of hydrogen-bond acceptors (Lipinski definition) is 1. The summed E-state index contributed by atoms with van der Waals surface area (Å²) in [6, 6.07) is 0. The van der Waals surface area contributed by atoms with Crippen LogP contribution in [0.25, 0.3) is 17.2 Å². The molecule has 0 unspecified atom stereocenters. The Labute approximate surface area is 89.1 Å². The SMILES string of the molecule is CC(C)(C)[N]=[Ta].C[NH-].C[NH-].C[NH-]. The second-order valence-corrected chi connectivity index (χ2v) is 2.99. The van der Waals surface area contributed by atoms with Crippen molar-refractivity contribution >= 4 is 0 Å². The summed E-state index contributed by atoms with van der Waals surface area (Å²) in [6.45, 7) is 6.31. The van der Waals surface area contributed by atoms with E-state index in [1.54, 1.807) is 0 Å². The molecule has 0 aromatic heterocycles. The van der Waals surface area contributed by atoms with E-state index in [1.165, 1.54) is 21.1 Å². The molecule has 0 aromatic rings. The van der Waals surface area contributed by atoms with Gasteiger partial charge in [0.2, 0.25) is 0 Å². The molecule has 0 aliphatic heterocycles. The van der Waals surface area contributed by atoms with Crippen molar-refractivity contribution in [1.82, 2.24) is 0 Å². The molecule has 5 heteroatoms. The minimum absolute atomic E-state index is 0.216. The molecule has 0 aliphatic rings. The van der Waals surface area contributed by atoms with Crippen LogP contribution in [0.5, 0.6) is 0 Å². The van der Waals surface area contributed by atoms with Crippen molar-refractivity contribution in [3.05, 3.63) is 17.2 Å². The Bertz CT molecular complexity index is 60.9. The van der Waals surface area contributed by atoms with Crippen LogP contribution in [0.2, 0.25) is 0 Å². The van der Waals surface area contributed by atoms with Crippen LogP contribution in [-0.4, -0.2) is 26.7 Å². The van der Waals surface area contributed by atoms with Gasteiger partial charge in [-0.2, -0.15) is 21.1 Å². The third kappa shape index (κ3) is 79.0. The first-order valence-corrected chi connectivity index (χ1v) is 4.86. The maximum Gasteiger partial charge on any atom is -0.164 e. The molecule has 0 saturated heterocycles. The molecule has 0 amide bonds. The van der Waals surface area contributed by atoms with Gasteiger partial charge in [-0.05, 0) is 0 Å². The third-order valence-electron chi connectivity index (χ3n) is 0.300. The van der Waals surface area contributed by atoms with Crippen molar-refractivity contribution < 1.29 is 20.9 Å². The number of rotatable bonds is 0. The van der Waals surface area contributed by atoms with Crippen molar-refractivity contribution in [2.24, 2.45) is 3.34 Å². The van der Waals surface area contributed by atoms with E-state index in [0.29, 0.717) is 0 Å². The van der Waals surface area contributed by atoms with Gasteiger partial charge in [-0.3, -0.25) is 0 Å². The molecule has 0 bridgehead atoms. The van der Waals surface area contributed by atoms with Gasteiger partial charge in [0.05, 0.1) is 0 Å². The van der Waals surface area contributed by atoms with Gasteiger partial charge in [-0.1, -0.05) is 0 Å². The van der Waals surface area contributed by atoms with E-state index < -0.39 is 0 Å². The monoisotopic (exact) mass is 342 g/mol. The fraction of sp³-hybridized carbons (Fsp3) is 1.00. The predicted octanol–water partition coefficient (Wildman–Crippen LogP) is 3.52. The van der Waals surface area contributed by atoms with Crippen LogP contribution in [0.1, 0.15) is 20.8 Å². The molecule has 0 heterocycles. The number of nitrogens with zero attached hydrogens (tertiary/aromatic N) is 1. The van der Waals surface area contributed by atoms with E-state index in [0.717, 1.165) is 20.9 Å².